The molecule has 0 spiro atoms. The van der Waals surface area contributed by atoms with E-state index in [9.17, 15) is 10.1 Å². The third kappa shape index (κ3) is 2.78. The summed E-state index contributed by atoms with van der Waals surface area (Å²) in [6.07, 6.45) is 7.42. The first-order chi connectivity index (χ1) is 10.7. The van der Waals surface area contributed by atoms with Crippen molar-refractivity contribution in [2.75, 3.05) is 6.54 Å². The zero-order valence-corrected chi connectivity index (χ0v) is 13.1. The van der Waals surface area contributed by atoms with Crippen molar-refractivity contribution < 1.29 is 4.79 Å². The first-order valence-electron chi connectivity index (χ1n) is 8.21. The minimum atomic E-state index is -0.101. The van der Waals surface area contributed by atoms with Gasteiger partial charge in [0.05, 0.1) is 6.04 Å². The van der Waals surface area contributed by atoms with Crippen LogP contribution in [0, 0.1) is 17.2 Å². The fourth-order valence-electron chi connectivity index (χ4n) is 3.72. The van der Waals surface area contributed by atoms with E-state index in [1.54, 1.807) is 0 Å². The number of nitriles is 1. The van der Waals surface area contributed by atoms with Crippen molar-refractivity contribution in [1.82, 2.24) is 4.90 Å². The third-order valence-corrected chi connectivity index (χ3v) is 5.01. The maximum atomic E-state index is 12.8. The van der Waals surface area contributed by atoms with Crippen LogP contribution in [0.3, 0.4) is 0 Å². The Morgan fingerprint density at radius 2 is 2.05 bits per heavy atom. The van der Waals surface area contributed by atoms with Crippen LogP contribution >= 0.6 is 0 Å². The zero-order valence-electron chi connectivity index (χ0n) is 13.1. The van der Waals surface area contributed by atoms with Crippen LogP contribution in [0.5, 0.6) is 0 Å². The predicted molar refractivity (Wildman–Crippen MR) is 85.9 cm³/mol. The van der Waals surface area contributed by atoms with E-state index in [2.05, 4.69) is 25.1 Å². The molecule has 1 fully saturated rings. The minimum absolute atomic E-state index is 0.0396. The van der Waals surface area contributed by atoms with Gasteiger partial charge in [-0.05, 0) is 43.2 Å². The molecule has 0 radical (unpaired) electrons. The van der Waals surface area contributed by atoms with Gasteiger partial charge >= 0.3 is 0 Å². The number of rotatable bonds is 2. The lowest BCUT2D eigenvalue weighted by molar-refractivity contribution is -0.129. The Kier molecular flexibility index (Phi) is 4.29. The second-order valence-electron chi connectivity index (χ2n) is 6.36. The third-order valence-electron chi connectivity index (χ3n) is 5.01. The van der Waals surface area contributed by atoms with Crippen LogP contribution in [-0.2, 0) is 11.2 Å². The molecule has 3 rings (SSSR count). The molecule has 3 heteroatoms. The molecule has 1 aliphatic heterocycles. The van der Waals surface area contributed by atoms with Crippen LogP contribution in [0.2, 0.25) is 0 Å². The van der Waals surface area contributed by atoms with Gasteiger partial charge in [-0.1, -0.05) is 43.2 Å². The van der Waals surface area contributed by atoms with Gasteiger partial charge in [-0.15, -0.1) is 0 Å². The number of fused-ring (bicyclic) bond motifs is 1. The highest BCUT2D eigenvalue weighted by Gasteiger charge is 2.29. The molecule has 1 atom stereocenters. The Labute approximate surface area is 132 Å². The minimum Gasteiger partial charge on any atom is -0.331 e. The lowest BCUT2D eigenvalue weighted by Gasteiger charge is -2.35. The standard InChI is InChI=1S/C19H22N2O/c1-14-18-9-5-4-8-16(18)10-11-21(14)19(22)17(13-20)12-15-6-2-3-7-15/h4-5,8-9,12,14-15H,2-3,6-7,10-11H2,1H3/b17-12-. The predicted octanol–water partition coefficient (Wildman–Crippen LogP) is 3.77. The van der Waals surface area contributed by atoms with Crippen molar-refractivity contribution in [2.24, 2.45) is 5.92 Å². The average Bonchev–Trinajstić information content (AvgIpc) is 3.06. The number of amides is 1. The molecule has 1 aromatic carbocycles. The SMILES string of the molecule is CC1c2ccccc2CCN1C(=O)/C(C#N)=C\C1CCCC1. The van der Waals surface area contributed by atoms with Crippen molar-refractivity contribution >= 4 is 5.91 Å². The molecule has 1 amide bonds. The van der Waals surface area contributed by atoms with Gasteiger partial charge in [-0.2, -0.15) is 5.26 Å². The van der Waals surface area contributed by atoms with E-state index in [0.29, 0.717) is 18.0 Å². The molecule has 22 heavy (non-hydrogen) atoms. The largest absolute Gasteiger partial charge is 0.331 e. The highest BCUT2D eigenvalue weighted by molar-refractivity contribution is 5.97. The monoisotopic (exact) mass is 294 g/mol. The van der Waals surface area contributed by atoms with Crippen LogP contribution in [0.25, 0.3) is 0 Å². The fourth-order valence-corrected chi connectivity index (χ4v) is 3.72. The van der Waals surface area contributed by atoms with E-state index in [0.717, 1.165) is 19.3 Å². The molecule has 3 nitrogen and oxygen atoms in total. The van der Waals surface area contributed by atoms with Gasteiger partial charge in [0, 0.05) is 6.54 Å². The summed E-state index contributed by atoms with van der Waals surface area (Å²) < 4.78 is 0. The van der Waals surface area contributed by atoms with E-state index >= 15 is 0 Å². The molecule has 0 aromatic heterocycles. The number of hydrogen-bond acceptors (Lipinski definition) is 2. The quantitative estimate of drug-likeness (QED) is 0.615. The molecular weight excluding hydrogens is 272 g/mol. The summed E-state index contributed by atoms with van der Waals surface area (Å²) in [7, 11) is 0. The van der Waals surface area contributed by atoms with Crippen molar-refractivity contribution in [3.8, 4) is 6.07 Å². The van der Waals surface area contributed by atoms with Gasteiger partial charge in [0.15, 0.2) is 0 Å². The average molecular weight is 294 g/mol. The number of benzene rings is 1. The topological polar surface area (TPSA) is 44.1 Å². The number of carbonyl (C=O) groups is 1. The van der Waals surface area contributed by atoms with Gasteiger partial charge in [-0.3, -0.25) is 4.79 Å². The Morgan fingerprint density at radius 3 is 2.77 bits per heavy atom. The van der Waals surface area contributed by atoms with Crippen LogP contribution in [0.4, 0.5) is 0 Å². The number of nitrogens with zero attached hydrogens (tertiary/aromatic N) is 2. The van der Waals surface area contributed by atoms with Gasteiger partial charge in [0.1, 0.15) is 11.6 Å². The first kappa shape index (κ1) is 14.8. The number of hydrogen-bond donors (Lipinski definition) is 0. The maximum absolute atomic E-state index is 12.8. The molecule has 114 valence electrons. The van der Waals surface area contributed by atoms with Crippen molar-refractivity contribution in [1.29, 1.82) is 5.26 Å². The Morgan fingerprint density at radius 1 is 1.32 bits per heavy atom. The van der Waals surface area contributed by atoms with Gasteiger partial charge < -0.3 is 4.90 Å². The molecule has 0 saturated heterocycles. The fraction of sp³-hybridized carbons (Fsp3) is 0.474. The van der Waals surface area contributed by atoms with Crippen LogP contribution in [0.15, 0.2) is 35.9 Å². The lowest BCUT2D eigenvalue weighted by Crippen LogP contribution is -2.39. The number of allylic oxidation sites excluding steroid dienone is 1. The highest BCUT2D eigenvalue weighted by Crippen LogP contribution is 2.31. The zero-order chi connectivity index (χ0) is 15.5. The Hall–Kier alpha value is -2.08. The van der Waals surface area contributed by atoms with Crippen molar-refractivity contribution in [3.05, 3.63) is 47.0 Å². The van der Waals surface area contributed by atoms with Crippen molar-refractivity contribution in [2.45, 2.75) is 45.1 Å². The lowest BCUT2D eigenvalue weighted by atomic mass is 9.93. The summed E-state index contributed by atoms with van der Waals surface area (Å²) in [4.78, 5) is 14.6. The molecule has 0 bridgehead atoms. The van der Waals surface area contributed by atoms with Crippen molar-refractivity contribution in [3.63, 3.8) is 0 Å². The smallest absolute Gasteiger partial charge is 0.264 e. The highest BCUT2D eigenvalue weighted by atomic mass is 16.2. The molecule has 2 aliphatic rings. The Balaban J connectivity index is 1.81. The van der Waals surface area contributed by atoms with Gasteiger partial charge in [0.2, 0.25) is 0 Å². The molecule has 0 N–H and O–H groups in total. The molecular formula is C19H22N2O. The molecule has 1 aromatic rings. The molecule has 1 aliphatic carbocycles. The second-order valence-corrected chi connectivity index (χ2v) is 6.36. The summed E-state index contributed by atoms with van der Waals surface area (Å²) >= 11 is 0. The maximum Gasteiger partial charge on any atom is 0.264 e. The van der Waals surface area contributed by atoms with E-state index in [4.69, 9.17) is 0 Å². The van der Waals surface area contributed by atoms with Crippen LogP contribution < -0.4 is 0 Å². The molecule has 1 saturated carbocycles. The van der Waals surface area contributed by atoms with Crippen LogP contribution in [-0.4, -0.2) is 17.4 Å². The summed E-state index contributed by atoms with van der Waals surface area (Å²) in [5.74, 6) is 0.308. The summed E-state index contributed by atoms with van der Waals surface area (Å²) in [5, 5.41) is 9.40. The van der Waals surface area contributed by atoms with Crippen LogP contribution in [0.1, 0.15) is 49.8 Å². The summed E-state index contributed by atoms with van der Waals surface area (Å²) in [6.45, 7) is 2.75. The summed E-state index contributed by atoms with van der Waals surface area (Å²) in [5.41, 5.74) is 2.86. The van der Waals surface area contributed by atoms with E-state index < -0.39 is 0 Å². The first-order valence-corrected chi connectivity index (χ1v) is 8.21. The normalized spacial score (nSPS) is 22.3. The molecule has 1 unspecified atom stereocenters. The number of carbonyl (C=O) groups excluding carboxylic acids is 1. The van der Waals surface area contributed by atoms with E-state index in [-0.39, 0.29) is 11.9 Å². The summed E-state index contributed by atoms with van der Waals surface area (Å²) in [6, 6.07) is 10.5. The Bertz CT molecular complexity index is 635. The van der Waals surface area contributed by atoms with Gasteiger partial charge in [0.25, 0.3) is 5.91 Å². The van der Waals surface area contributed by atoms with E-state index in [1.807, 2.05) is 23.1 Å². The van der Waals surface area contributed by atoms with Gasteiger partial charge in [-0.25, -0.2) is 0 Å². The van der Waals surface area contributed by atoms with E-state index in [1.165, 1.54) is 24.0 Å². The molecule has 1 heterocycles. The second kappa shape index (κ2) is 6.36.